The molecule has 0 amide bonds. The molecule has 4 nitrogen and oxygen atoms in total. The molecule has 4 heteroatoms. The fraction of sp³-hybridized carbons (Fsp3) is 0.211. The molecular formula is C19H18O4. The van der Waals surface area contributed by atoms with Gasteiger partial charge in [-0.1, -0.05) is 12.1 Å². The summed E-state index contributed by atoms with van der Waals surface area (Å²) in [5.41, 5.74) is 1.71. The predicted octanol–water partition coefficient (Wildman–Crippen LogP) is 4.26. The Morgan fingerprint density at radius 1 is 1.04 bits per heavy atom. The maximum absolute atomic E-state index is 12.7. The third-order valence-electron chi connectivity index (χ3n) is 3.50. The van der Waals surface area contributed by atoms with Gasteiger partial charge in [0.15, 0.2) is 5.43 Å². The molecule has 1 heterocycles. The van der Waals surface area contributed by atoms with E-state index in [1.165, 1.54) is 6.26 Å². The van der Waals surface area contributed by atoms with Crippen LogP contribution in [0.5, 0.6) is 11.5 Å². The largest absolute Gasteiger partial charge is 0.497 e. The summed E-state index contributed by atoms with van der Waals surface area (Å²) in [6.45, 7) is 3.90. The fourth-order valence-electron chi connectivity index (χ4n) is 2.44. The lowest BCUT2D eigenvalue weighted by molar-refractivity contribution is 0.242. The summed E-state index contributed by atoms with van der Waals surface area (Å²) >= 11 is 0. The van der Waals surface area contributed by atoms with Gasteiger partial charge in [-0.25, -0.2) is 0 Å². The first-order valence-electron chi connectivity index (χ1n) is 7.45. The number of hydrogen-bond acceptors (Lipinski definition) is 4. The summed E-state index contributed by atoms with van der Waals surface area (Å²) in [5.74, 6) is 1.38. The lowest BCUT2D eigenvalue weighted by Gasteiger charge is -2.10. The zero-order chi connectivity index (χ0) is 16.4. The van der Waals surface area contributed by atoms with Crippen molar-refractivity contribution in [1.82, 2.24) is 0 Å². The Morgan fingerprint density at radius 3 is 2.61 bits per heavy atom. The van der Waals surface area contributed by atoms with Gasteiger partial charge in [0.1, 0.15) is 23.3 Å². The van der Waals surface area contributed by atoms with Crippen LogP contribution in [0, 0.1) is 0 Å². The van der Waals surface area contributed by atoms with Crippen molar-refractivity contribution in [1.29, 1.82) is 0 Å². The summed E-state index contributed by atoms with van der Waals surface area (Å²) < 4.78 is 16.5. The summed E-state index contributed by atoms with van der Waals surface area (Å²) in [7, 11) is 1.60. The van der Waals surface area contributed by atoms with Crippen molar-refractivity contribution in [2.24, 2.45) is 0 Å². The third kappa shape index (κ3) is 3.06. The van der Waals surface area contributed by atoms with Gasteiger partial charge in [0.05, 0.1) is 24.2 Å². The molecule has 1 aromatic heterocycles. The fourth-order valence-corrected chi connectivity index (χ4v) is 2.44. The summed E-state index contributed by atoms with van der Waals surface area (Å²) in [4.78, 5) is 12.7. The Hall–Kier alpha value is -2.75. The predicted molar refractivity (Wildman–Crippen MR) is 90.2 cm³/mol. The Morgan fingerprint density at radius 2 is 1.87 bits per heavy atom. The number of hydrogen-bond donors (Lipinski definition) is 0. The van der Waals surface area contributed by atoms with Crippen molar-refractivity contribution in [3.8, 4) is 22.6 Å². The van der Waals surface area contributed by atoms with Crippen LogP contribution in [-0.4, -0.2) is 13.2 Å². The molecular weight excluding hydrogens is 292 g/mol. The van der Waals surface area contributed by atoms with Gasteiger partial charge >= 0.3 is 0 Å². The highest BCUT2D eigenvalue weighted by molar-refractivity contribution is 5.82. The number of benzene rings is 2. The van der Waals surface area contributed by atoms with Gasteiger partial charge in [-0.3, -0.25) is 4.79 Å². The van der Waals surface area contributed by atoms with Crippen molar-refractivity contribution in [3.05, 3.63) is 59.0 Å². The highest BCUT2D eigenvalue weighted by Crippen LogP contribution is 2.25. The van der Waals surface area contributed by atoms with Gasteiger partial charge in [-0.15, -0.1) is 0 Å². The Labute approximate surface area is 134 Å². The van der Waals surface area contributed by atoms with Crippen LogP contribution < -0.4 is 14.9 Å². The Bertz CT molecular complexity index is 893. The van der Waals surface area contributed by atoms with E-state index in [0.717, 1.165) is 5.56 Å². The first-order chi connectivity index (χ1) is 11.1. The SMILES string of the molecule is COc1cccc(-c2coc3cc(OC(C)C)ccc3c2=O)c1. The zero-order valence-corrected chi connectivity index (χ0v) is 13.3. The molecule has 0 bridgehead atoms. The van der Waals surface area contributed by atoms with Crippen molar-refractivity contribution in [3.63, 3.8) is 0 Å². The first-order valence-corrected chi connectivity index (χ1v) is 7.45. The molecule has 0 N–H and O–H groups in total. The summed E-state index contributed by atoms with van der Waals surface area (Å²) in [6, 6.07) is 12.6. The van der Waals surface area contributed by atoms with E-state index >= 15 is 0 Å². The Kier molecular flexibility index (Phi) is 4.06. The molecule has 118 valence electrons. The maximum atomic E-state index is 12.7. The average molecular weight is 310 g/mol. The first kappa shape index (κ1) is 15.2. The van der Waals surface area contributed by atoms with Gasteiger partial charge in [0.25, 0.3) is 0 Å². The molecule has 0 saturated carbocycles. The monoisotopic (exact) mass is 310 g/mol. The average Bonchev–Trinajstić information content (AvgIpc) is 2.54. The summed E-state index contributed by atoms with van der Waals surface area (Å²) in [5, 5.41) is 0.529. The van der Waals surface area contributed by atoms with Crippen molar-refractivity contribution >= 4 is 11.0 Å². The molecule has 3 aromatic rings. The molecule has 0 saturated heterocycles. The molecule has 0 aliphatic rings. The van der Waals surface area contributed by atoms with Gasteiger partial charge in [0, 0.05) is 6.07 Å². The van der Waals surface area contributed by atoms with E-state index in [-0.39, 0.29) is 11.5 Å². The van der Waals surface area contributed by atoms with E-state index in [9.17, 15) is 4.79 Å². The van der Waals surface area contributed by atoms with Crippen LogP contribution in [0.15, 0.2) is 57.9 Å². The third-order valence-corrected chi connectivity index (χ3v) is 3.50. The van der Waals surface area contributed by atoms with Crippen LogP contribution in [0.1, 0.15) is 13.8 Å². The van der Waals surface area contributed by atoms with Crippen LogP contribution in [-0.2, 0) is 0 Å². The summed E-state index contributed by atoms with van der Waals surface area (Å²) in [6.07, 6.45) is 1.55. The molecule has 0 atom stereocenters. The van der Waals surface area contributed by atoms with E-state index in [4.69, 9.17) is 13.9 Å². The number of methoxy groups -OCH3 is 1. The van der Waals surface area contributed by atoms with Crippen LogP contribution >= 0.6 is 0 Å². The molecule has 0 unspecified atom stereocenters. The highest BCUT2D eigenvalue weighted by Gasteiger charge is 2.11. The minimum atomic E-state index is -0.0735. The highest BCUT2D eigenvalue weighted by atomic mass is 16.5. The molecule has 0 aliphatic carbocycles. The van der Waals surface area contributed by atoms with Crippen LogP contribution in [0.4, 0.5) is 0 Å². The number of ether oxygens (including phenoxy) is 2. The minimum Gasteiger partial charge on any atom is -0.497 e. The van der Waals surface area contributed by atoms with E-state index in [1.807, 2.05) is 38.1 Å². The second-order valence-corrected chi connectivity index (χ2v) is 5.54. The van der Waals surface area contributed by atoms with Gasteiger partial charge in [-0.05, 0) is 43.7 Å². The molecule has 3 rings (SSSR count). The van der Waals surface area contributed by atoms with Crippen LogP contribution in [0.3, 0.4) is 0 Å². The van der Waals surface area contributed by atoms with Gasteiger partial charge in [0.2, 0.25) is 0 Å². The Balaban J connectivity index is 2.10. The van der Waals surface area contributed by atoms with Gasteiger partial charge < -0.3 is 13.9 Å². The molecule has 0 aliphatic heterocycles. The maximum Gasteiger partial charge on any atom is 0.200 e. The number of rotatable bonds is 4. The molecule has 23 heavy (non-hydrogen) atoms. The molecule has 2 aromatic carbocycles. The topological polar surface area (TPSA) is 48.7 Å². The van der Waals surface area contributed by atoms with Crippen LogP contribution in [0.2, 0.25) is 0 Å². The number of fused-ring (bicyclic) bond motifs is 1. The van der Waals surface area contributed by atoms with E-state index in [2.05, 4.69) is 0 Å². The molecule has 0 fully saturated rings. The molecule has 0 spiro atoms. The normalized spacial score (nSPS) is 11.0. The lowest BCUT2D eigenvalue weighted by atomic mass is 10.1. The van der Waals surface area contributed by atoms with E-state index in [1.54, 1.807) is 25.3 Å². The van der Waals surface area contributed by atoms with Crippen LogP contribution in [0.25, 0.3) is 22.1 Å². The van der Waals surface area contributed by atoms with E-state index in [0.29, 0.717) is 28.0 Å². The van der Waals surface area contributed by atoms with Crippen molar-refractivity contribution in [2.45, 2.75) is 20.0 Å². The van der Waals surface area contributed by atoms with E-state index < -0.39 is 0 Å². The lowest BCUT2D eigenvalue weighted by Crippen LogP contribution is -2.07. The smallest absolute Gasteiger partial charge is 0.200 e. The quantitative estimate of drug-likeness (QED) is 0.722. The minimum absolute atomic E-state index is 0.0650. The standard InChI is InChI=1S/C19H18O4/c1-12(2)23-15-7-8-16-18(10-15)22-11-17(19(16)20)13-5-4-6-14(9-13)21-3/h4-12H,1-3H3. The zero-order valence-electron chi connectivity index (χ0n) is 13.3. The second-order valence-electron chi connectivity index (χ2n) is 5.54. The van der Waals surface area contributed by atoms with Gasteiger partial charge in [-0.2, -0.15) is 0 Å². The molecule has 0 radical (unpaired) electrons. The van der Waals surface area contributed by atoms with Crippen molar-refractivity contribution < 1.29 is 13.9 Å². The van der Waals surface area contributed by atoms with Crippen molar-refractivity contribution in [2.75, 3.05) is 7.11 Å². The second kappa shape index (κ2) is 6.16.